The summed E-state index contributed by atoms with van der Waals surface area (Å²) in [5.74, 6) is 0.647. The number of ether oxygens (including phenoxy) is 4. The summed E-state index contributed by atoms with van der Waals surface area (Å²) in [4.78, 5) is 12.8. The molecular weight excluding hydrogens is 547 g/mol. The fourth-order valence-corrected chi connectivity index (χ4v) is 4.74. The summed E-state index contributed by atoms with van der Waals surface area (Å²) in [7, 11) is 0. The second-order valence-corrected chi connectivity index (χ2v) is 10.1. The van der Waals surface area contributed by atoms with E-state index in [0.717, 1.165) is 30.4 Å². The molecule has 0 aliphatic carbocycles. The summed E-state index contributed by atoms with van der Waals surface area (Å²) >= 11 is 0. The third kappa shape index (κ3) is 7.14. The number of hydrogen-bond donors (Lipinski definition) is 1. The van der Waals surface area contributed by atoms with Crippen LogP contribution in [0.15, 0.2) is 102 Å². The first-order valence-corrected chi connectivity index (χ1v) is 14.1. The van der Waals surface area contributed by atoms with Crippen LogP contribution in [0.5, 0.6) is 23.0 Å². The molecule has 1 unspecified atom stereocenters. The predicted molar refractivity (Wildman–Crippen MR) is 159 cm³/mol. The number of carbonyl (C=O) groups is 1. The first kappa shape index (κ1) is 29.2. The number of fused-ring (bicyclic) bond motifs is 1. The number of carbonyl (C=O) groups excluding carboxylic acids is 1. The van der Waals surface area contributed by atoms with Crippen LogP contribution in [0.2, 0.25) is 0 Å². The lowest BCUT2D eigenvalue weighted by Gasteiger charge is -2.26. The largest absolute Gasteiger partial charge is 0.494 e. The van der Waals surface area contributed by atoms with Gasteiger partial charge in [-0.2, -0.15) is 5.26 Å². The Kier molecular flexibility index (Phi) is 9.23. The van der Waals surface area contributed by atoms with Crippen molar-refractivity contribution in [3.05, 3.63) is 131 Å². The molecule has 1 heterocycles. The highest BCUT2D eigenvalue weighted by Gasteiger charge is 2.31. The molecule has 5 rings (SSSR count). The molecule has 0 aromatic heterocycles. The highest BCUT2D eigenvalue weighted by Crippen LogP contribution is 2.43. The van der Waals surface area contributed by atoms with E-state index in [1.165, 1.54) is 12.1 Å². The standard InChI is InChI=1S/C35H31FN2O5/c1-2-3-4-19-40-27-15-9-25(10-16-27)35(39)42-29-17-18-30-32(20-29)43-34(38)31(21-37)33(30)24-7-13-28(14-8-24)41-22-23-5-11-26(36)12-6-23/h5-18,20,33H,2-4,19,22,38H2,1H3. The van der Waals surface area contributed by atoms with Gasteiger partial charge in [-0.3, -0.25) is 0 Å². The third-order valence-electron chi connectivity index (χ3n) is 7.04. The van der Waals surface area contributed by atoms with E-state index in [9.17, 15) is 14.4 Å². The molecule has 43 heavy (non-hydrogen) atoms. The van der Waals surface area contributed by atoms with Gasteiger partial charge in [0.2, 0.25) is 5.88 Å². The van der Waals surface area contributed by atoms with Crippen molar-refractivity contribution in [1.82, 2.24) is 0 Å². The van der Waals surface area contributed by atoms with Crippen molar-refractivity contribution in [3.8, 4) is 29.1 Å². The average Bonchev–Trinajstić information content (AvgIpc) is 3.02. The Morgan fingerprint density at radius 2 is 1.58 bits per heavy atom. The van der Waals surface area contributed by atoms with Crippen LogP contribution in [0.1, 0.15) is 59.2 Å². The minimum Gasteiger partial charge on any atom is -0.494 e. The number of halogens is 1. The molecule has 1 aliphatic heterocycles. The zero-order valence-corrected chi connectivity index (χ0v) is 23.7. The van der Waals surface area contributed by atoms with Crippen molar-refractivity contribution < 1.29 is 28.1 Å². The third-order valence-corrected chi connectivity index (χ3v) is 7.04. The monoisotopic (exact) mass is 578 g/mol. The molecule has 0 spiro atoms. The van der Waals surface area contributed by atoms with E-state index in [4.69, 9.17) is 24.7 Å². The number of allylic oxidation sites excluding steroid dienone is 1. The maximum absolute atomic E-state index is 13.2. The van der Waals surface area contributed by atoms with Gasteiger partial charge in [0.15, 0.2) is 0 Å². The molecule has 1 aliphatic rings. The van der Waals surface area contributed by atoms with Gasteiger partial charge >= 0.3 is 5.97 Å². The van der Waals surface area contributed by atoms with Crippen molar-refractivity contribution in [2.24, 2.45) is 5.73 Å². The van der Waals surface area contributed by atoms with Gasteiger partial charge < -0.3 is 24.7 Å². The maximum Gasteiger partial charge on any atom is 0.343 e. The quantitative estimate of drug-likeness (QED) is 0.112. The fraction of sp³-hybridized carbons (Fsp3) is 0.200. The molecule has 1 atom stereocenters. The lowest BCUT2D eigenvalue weighted by Crippen LogP contribution is -2.21. The number of nitrogens with zero attached hydrogens (tertiary/aromatic N) is 1. The van der Waals surface area contributed by atoms with Crippen LogP contribution in [0.25, 0.3) is 0 Å². The van der Waals surface area contributed by atoms with Crippen LogP contribution in [0.3, 0.4) is 0 Å². The summed E-state index contributed by atoms with van der Waals surface area (Å²) < 4.78 is 36.1. The van der Waals surface area contributed by atoms with Crippen molar-refractivity contribution in [2.75, 3.05) is 6.61 Å². The highest BCUT2D eigenvalue weighted by molar-refractivity contribution is 5.91. The van der Waals surface area contributed by atoms with Gasteiger partial charge in [0.1, 0.15) is 47.1 Å². The maximum atomic E-state index is 13.2. The molecule has 0 radical (unpaired) electrons. The van der Waals surface area contributed by atoms with Crippen LogP contribution >= 0.6 is 0 Å². The normalized spacial score (nSPS) is 13.8. The lowest BCUT2D eigenvalue weighted by molar-refractivity contribution is 0.0734. The zero-order valence-electron chi connectivity index (χ0n) is 23.7. The van der Waals surface area contributed by atoms with Gasteiger partial charge in [-0.1, -0.05) is 50.1 Å². The van der Waals surface area contributed by atoms with Gasteiger partial charge in [0, 0.05) is 11.6 Å². The Balaban J connectivity index is 1.28. The number of nitrogens with two attached hydrogens (primary N) is 1. The molecular formula is C35H31FN2O5. The number of esters is 1. The molecule has 0 fully saturated rings. The molecule has 0 amide bonds. The Bertz CT molecular complexity index is 1640. The van der Waals surface area contributed by atoms with Crippen LogP contribution in [0.4, 0.5) is 4.39 Å². The van der Waals surface area contributed by atoms with Crippen molar-refractivity contribution in [2.45, 2.75) is 38.7 Å². The minimum atomic E-state index is -0.526. The van der Waals surface area contributed by atoms with E-state index in [1.807, 2.05) is 12.1 Å². The summed E-state index contributed by atoms with van der Waals surface area (Å²) in [5.41, 5.74) is 9.16. The lowest BCUT2D eigenvalue weighted by atomic mass is 9.83. The van der Waals surface area contributed by atoms with Gasteiger partial charge in [-0.15, -0.1) is 0 Å². The van der Waals surface area contributed by atoms with Crippen LogP contribution in [-0.2, 0) is 6.61 Å². The zero-order chi connectivity index (χ0) is 30.2. The SMILES string of the molecule is CCCCCOc1ccc(C(=O)Oc2ccc3c(c2)OC(N)=C(C#N)C3c2ccc(OCc3ccc(F)cc3)cc2)cc1. The summed E-state index contributed by atoms with van der Waals surface area (Å²) in [6.45, 7) is 3.06. The molecule has 8 heteroatoms. The molecule has 0 saturated heterocycles. The van der Waals surface area contributed by atoms with Crippen LogP contribution < -0.4 is 24.7 Å². The van der Waals surface area contributed by atoms with E-state index < -0.39 is 11.9 Å². The second-order valence-electron chi connectivity index (χ2n) is 10.1. The molecule has 4 aromatic carbocycles. The number of hydrogen-bond acceptors (Lipinski definition) is 7. The van der Waals surface area contributed by atoms with Gasteiger partial charge in [0.05, 0.1) is 18.1 Å². The average molecular weight is 579 g/mol. The number of benzene rings is 4. The molecule has 218 valence electrons. The van der Waals surface area contributed by atoms with Crippen molar-refractivity contribution in [1.29, 1.82) is 5.26 Å². The van der Waals surface area contributed by atoms with Gasteiger partial charge in [-0.05, 0) is 72.1 Å². The van der Waals surface area contributed by atoms with Crippen molar-refractivity contribution >= 4 is 5.97 Å². The van der Waals surface area contributed by atoms with Gasteiger partial charge in [-0.25, -0.2) is 9.18 Å². The number of unbranched alkanes of at least 4 members (excludes halogenated alkanes) is 2. The number of rotatable bonds is 11. The summed E-state index contributed by atoms with van der Waals surface area (Å²) in [6, 6.07) is 27.4. The van der Waals surface area contributed by atoms with Crippen LogP contribution in [-0.4, -0.2) is 12.6 Å². The smallest absolute Gasteiger partial charge is 0.343 e. The van der Waals surface area contributed by atoms with E-state index in [-0.39, 0.29) is 29.6 Å². The van der Waals surface area contributed by atoms with E-state index in [2.05, 4.69) is 13.0 Å². The van der Waals surface area contributed by atoms with E-state index in [1.54, 1.807) is 66.7 Å². The number of nitriles is 1. The first-order valence-electron chi connectivity index (χ1n) is 14.1. The van der Waals surface area contributed by atoms with E-state index >= 15 is 0 Å². The summed E-state index contributed by atoms with van der Waals surface area (Å²) in [6.07, 6.45) is 3.21. The second kappa shape index (κ2) is 13.6. The minimum absolute atomic E-state index is 0.0189. The summed E-state index contributed by atoms with van der Waals surface area (Å²) in [5, 5.41) is 9.90. The Morgan fingerprint density at radius 3 is 2.28 bits per heavy atom. The Morgan fingerprint density at radius 1 is 0.907 bits per heavy atom. The first-order chi connectivity index (χ1) is 20.9. The topological polar surface area (TPSA) is 104 Å². The molecule has 0 bridgehead atoms. The molecule has 7 nitrogen and oxygen atoms in total. The van der Waals surface area contributed by atoms with Crippen molar-refractivity contribution in [3.63, 3.8) is 0 Å². The van der Waals surface area contributed by atoms with E-state index in [0.29, 0.717) is 35.0 Å². The predicted octanol–water partition coefficient (Wildman–Crippen LogP) is 7.41. The molecule has 0 saturated carbocycles. The Hall–Kier alpha value is -5.29. The highest BCUT2D eigenvalue weighted by atomic mass is 19.1. The van der Waals surface area contributed by atoms with Gasteiger partial charge in [0.25, 0.3) is 0 Å². The molecule has 4 aromatic rings. The Labute approximate surface area is 249 Å². The molecule has 2 N–H and O–H groups in total. The fourth-order valence-electron chi connectivity index (χ4n) is 4.74. The van der Waals surface area contributed by atoms with Crippen LogP contribution in [0, 0.1) is 17.1 Å².